The standard InChI is InChI=1S/C20H22N2O4/c23-19(14-26-17-5-2-1-3-6-17)22-16-10-8-15(9-11-16)20(24)21-13-18-7-4-12-25-18/h1-3,5-6,8-11,18H,4,7,12-14H2,(H,21,24)(H,22,23)/t18-/m1/s1. The van der Waals surface area contributed by atoms with Gasteiger partial charge in [-0.25, -0.2) is 0 Å². The Balaban J connectivity index is 1.44. The lowest BCUT2D eigenvalue weighted by molar-refractivity contribution is -0.118. The highest BCUT2D eigenvalue weighted by Gasteiger charge is 2.16. The van der Waals surface area contributed by atoms with E-state index in [1.807, 2.05) is 18.2 Å². The molecule has 6 nitrogen and oxygen atoms in total. The third kappa shape index (κ3) is 5.32. The Morgan fingerprint density at radius 2 is 1.85 bits per heavy atom. The van der Waals surface area contributed by atoms with Crippen molar-refractivity contribution in [3.05, 3.63) is 60.2 Å². The maximum atomic E-state index is 12.1. The molecule has 26 heavy (non-hydrogen) atoms. The Bertz CT molecular complexity index is 725. The number of benzene rings is 2. The van der Waals surface area contributed by atoms with Crippen LogP contribution < -0.4 is 15.4 Å². The fraction of sp³-hybridized carbons (Fsp3) is 0.300. The summed E-state index contributed by atoms with van der Waals surface area (Å²) in [5.74, 6) is 0.233. The third-order valence-corrected chi connectivity index (χ3v) is 4.06. The molecular weight excluding hydrogens is 332 g/mol. The molecule has 0 spiro atoms. The van der Waals surface area contributed by atoms with E-state index in [9.17, 15) is 9.59 Å². The number of ether oxygens (including phenoxy) is 2. The van der Waals surface area contributed by atoms with Gasteiger partial charge in [-0.2, -0.15) is 0 Å². The van der Waals surface area contributed by atoms with Gasteiger partial charge in [0.25, 0.3) is 11.8 Å². The number of anilines is 1. The lowest BCUT2D eigenvalue weighted by Gasteiger charge is -2.11. The molecule has 136 valence electrons. The van der Waals surface area contributed by atoms with Crippen LogP contribution in [0.2, 0.25) is 0 Å². The van der Waals surface area contributed by atoms with Crippen molar-refractivity contribution in [2.45, 2.75) is 18.9 Å². The van der Waals surface area contributed by atoms with Gasteiger partial charge in [0, 0.05) is 24.4 Å². The van der Waals surface area contributed by atoms with E-state index < -0.39 is 0 Å². The predicted molar refractivity (Wildman–Crippen MR) is 98.3 cm³/mol. The molecule has 2 amide bonds. The van der Waals surface area contributed by atoms with Crippen molar-refractivity contribution in [3.63, 3.8) is 0 Å². The fourth-order valence-corrected chi connectivity index (χ4v) is 2.68. The van der Waals surface area contributed by atoms with E-state index in [2.05, 4.69) is 10.6 Å². The first-order valence-corrected chi connectivity index (χ1v) is 8.68. The molecule has 0 aromatic heterocycles. The summed E-state index contributed by atoms with van der Waals surface area (Å²) in [5.41, 5.74) is 1.16. The predicted octanol–water partition coefficient (Wildman–Crippen LogP) is 2.61. The molecule has 0 radical (unpaired) electrons. The van der Waals surface area contributed by atoms with Crippen molar-refractivity contribution in [1.82, 2.24) is 5.32 Å². The van der Waals surface area contributed by atoms with E-state index in [1.165, 1.54) is 0 Å². The Labute approximate surface area is 152 Å². The van der Waals surface area contributed by atoms with E-state index in [-0.39, 0.29) is 24.5 Å². The first-order chi connectivity index (χ1) is 12.7. The molecule has 2 N–H and O–H groups in total. The van der Waals surface area contributed by atoms with Crippen LogP contribution in [0.4, 0.5) is 5.69 Å². The van der Waals surface area contributed by atoms with Crippen LogP contribution in [0.25, 0.3) is 0 Å². The van der Waals surface area contributed by atoms with Crippen LogP contribution in [0.1, 0.15) is 23.2 Å². The van der Waals surface area contributed by atoms with Crippen molar-refractivity contribution in [3.8, 4) is 5.75 Å². The number of hydrogen-bond donors (Lipinski definition) is 2. The van der Waals surface area contributed by atoms with Crippen LogP contribution in [0.3, 0.4) is 0 Å². The normalized spacial score (nSPS) is 16.1. The summed E-state index contributed by atoms with van der Waals surface area (Å²) in [5, 5.41) is 5.61. The van der Waals surface area contributed by atoms with Crippen LogP contribution in [0, 0.1) is 0 Å². The molecule has 3 rings (SSSR count). The summed E-state index contributed by atoms with van der Waals surface area (Å²) in [6.07, 6.45) is 2.14. The van der Waals surface area contributed by atoms with Gasteiger partial charge in [-0.15, -0.1) is 0 Å². The summed E-state index contributed by atoms with van der Waals surface area (Å²) >= 11 is 0. The number of amides is 2. The second kappa shape index (κ2) is 9.01. The first kappa shape index (κ1) is 17.9. The molecule has 0 bridgehead atoms. The molecule has 1 aliphatic heterocycles. The minimum absolute atomic E-state index is 0.0758. The van der Waals surface area contributed by atoms with Gasteiger partial charge in [-0.1, -0.05) is 18.2 Å². The Kier molecular flexibility index (Phi) is 6.22. The molecular formula is C20H22N2O4. The highest BCUT2D eigenvalue weighted by Crippen LogP contribution is 2.13. The van der Waals surface area contributed by atoms with Gasteiger partial charge in [0.1, 0.15) is 5.75 Å². The Hall–Kier alpha value is -2.86. The number of para-hydroxylation sites is 1. The molecule has 0 saturated carbocycles. The smallest absolute Gasteiger partial charge is 0.262 e. The molecule has 0 aliphatic carbocycles. The number of carbonyl (C=O) groups is 2. The fourth-order valence-electron chi connectivity index (χ4n) is 2.68. The Morgan fingerprint density at radius 1 is 1.08 bits per heavy atom. The summed E-state index contributed by atoms with van der Waals surface area (Å²) in [4.78, 5) is 24.0. The van der Waals surface area contributed by atoms with Gasteiger partial charge in [-0.05, 0) is 49.2 Å². The van der Waals surface area contributed by atoms with Crippen molar-refractivity contribution < 1.29 is 19.1 Å². The second-order valence-corrected chi connectivity index (χ2v) is 6.07. The minimum atomic E-state index is -0.260. The number of nitrogens with one attached hydrogen (secondary N) is 2. The van der Waals surface area contributed by atoms with Gasteiger partial charge in [0.2, 0.25) is 0 Å². The number of hydrogen-bond acceptors (Lipinski definition) is 4. The molecule has 2 aromatic carbocycles. The van der Waals surface area contributed by atoms with E-state index in [0.717, 1.165) is 19.4 Å². The molecule has 2 aromatic rings. The molecule has 1 aliphatic rings. The highest BCUT2D eigenvalue weighted by atomic mass is 16.5. The van der Waals surface area contributed by atoms with Gasteiger partial charge < -0.3 is 20.1 Å². The zero-order valence-electron chi connectivity index (χ0n) is 14.4. The summed E-state index contributed by atoms with van der Waals surface area (Å²) in [6.45, 7) is 1.21. The topological polar surface area (TPSA) is 76.7 Å². The molecule has 1 atom stereocenters. The van der Waals surface area contributed by atoms with E-state index in [1.54, 1.807) is 36.4 Å². The van der Waals surface area contributed by atoms with Crippen LogP contribution in [-0.2, 0) is 9.53 Å². The zero-order valence-corrected chi connectivity index (χ0v) is 14.4. The highest BCUT2D eigenvalue weighted by molar-refractivity contribution is 5.96. The lowest BCUT2D eigenvalue weighted by Crippen LogP contribution is -2.31. The van der Waals surface area contributed by atoms with Gasteiger partial charge >= 0.3 is 0 Å². The van der Waals surface area contributed by atoms with Crippen molar-refractivity contribution in [2.75, 3.05) is 25.1 Å². The van der Waals surface area contributed by atoms with E-state index in [4.69, 9.17) is 9.47 Å². The number of carbonyl (C=O) groups excluding carboxylic acids is 2. The monoisotopic (exact) mass is 354 g/mol. The van der Waals surface area contributed by atoms with Crippen LogP contribution in [0.15, 0.2) is 54.6 Å². The average Bonchev–Trinajstić information content (AvgIpc) is 3.19. The van der Waals surface area contributed by atoms with Gasteiger partial charge in [0.15, 0.2) is 6.61 Å². The lowest BCUT2D eigenvalue weighted by atomic mass is 10.2. The SMILES string of the molecule is O=C(COc1ccccc1)Nc1ccc(C(=O)NC[C@H]2CCCO2)cc1. The van der Waals surface area contributed by atoms with Crippen molar-refractivity contribution >= 4 is 17.5 Å². The first-order valence-electron chi connectivity index (χ1n) is 8.68. The molecule has 6 heteroatoms. The molecule has 1 saturated heterocycles. The summed E-state index contributed by atoms with van der Waals surface area (Å²) < 4.78 is 10.9. The van der Waals surface area contributed by atoms with Gasteiger partial charge in [0.05, 0.1) is 6.10 Å². The van der Waals surface area contributed by atoms with Crippen LogP contribution in [-0.4, -0.2) is 37.7 Å². The van der Waals surface area contributed by atoms with Crippen LogP contribution in [0.5, 0.6) is 5.75 Å². The molecule has 0 unspecified atom stereocenters. The molecule has 1 heterocycles. The maximum Gasteiger partial charge on any atom is 0.262 e. The third-order valence-electron chi connectivity index (χ3n) is 4.06. The largest absolute Gasteiger partial charge is 0.484 e. The summed E-state index contributed by atoms with van der Waals surface area (Å²) in [6, 6.07) is 15.9. The zero-order chi connectivity index (χ0) is 18.2. The second-order valence-electron chi connectivity index (χ2n) is 6.07. The Morgan fingerprint density at radius 3 is 2.54 bits per heavy atom. The van der Waals surface area contributed by atoms with E-state index >= 15 is 0 Å². The van der Waals surface area contributed by atoms with Crippen molar-refractivity contribution in [1.29, 1.82) is 0 Å². The minimum Gasteiger partial charge on any atom is -0.484 e. The van der Waals surface area contributed by atoms with Gasteiger partial charge in [-0.3, -0.25) is 9.59 Å². The van der Waals surface area contributed by atoms with E-state index in [0.29, 0.717) is 23.5 Å². The average molecular weight is 354 g/mol. The summed E-state index contributed by atoms with van der Waals surface area (Å²) in [7, 11) is 0. The molecule has 1 fully saturated rings. The maximum absolute atomic E-state index is 12.1. The van der Waals surface area contributed by atoms with Crippen molar-refractivity contribution in [2.24, 2.45) is 0 Å². The van der Waals surface area contributed by atoms with Crippen LogP contribution >= 0.6 is 0 Å². The quantitative estimate of drug-likeness (QED) is 0.801. The number of rotatable bonds is 7.